The lowest BCUT2D eigenvalue weighted by atomic mass is 10.0. The summed E-state index contributed by atoms with van der Waals surface area (Å²) in [5.74, 6) is 0.712. The van der Waals surface area contributed by atoms with Crippen LogP contribution in [-0.2, 0) is 6.42 Å². The van der Waals surface area contributed by atoms with Crippen molar-refractivity contribution in [2.24, 2.45) is 10.9 Å². The van der Waals surface area contributed by atoms with E-state index >= 15 is 0 Å². The van der Waals surface area contributed by atoms with Crippen LogP contribution in [0.4, 0.5) is 5.69 Å². The fourth-order valence-corrected chi connectivity index (χ4v) is 1.95. The molecule has 1 heterocycles. The third kappa shape index (κ3) is 1.87. The number of rotatable bonds is 2. The topological polar surface area (TPSA) is 12.4 Å². The summed E-state index contributed by atoms with van der Waals surface area (Å²) in [7, 11) is 0. The summed E-state index contributed by atoms with van der Waals surface area (Å²) in [5.41, 5.74) is 5.24. The zero-order valence-corrected chi connectivity index (χ0v) is 9.17. The summed E-state index contributed by atoms with van der Waals surface area (Å²) >= 11 is 0. The lowest BCUT2D eigenvalue weighted by molar-refractivity contribution is 0.681. The first-order valence-corrected chi connectivity index (χ1v) is 5.31. The minimum Gasteiger partial charge on any atom is -0.257 e. The van der Waals surface area contributed by atoms with E-state index < -0.39 is 0 Å². The second-order valence-electron chi connectivity index (χ2n) is 4.58. The van der Waals surface area contributed by atoms with Crippen molar-refractivity contribution < 1.29 is 0 Å². The monoisotopic (exact) mass is 187 g/mol. The lowest BCUT2D eigenvalue weighted by Crippen LogP contribution is -2.02. The van der Waals surface area contributed by atoms with Crippen LogP contribution in [0.25, 0.3) is 0 Å². The smallest absolute Gasteiger partial charge is 0.0667 e. The fraction of sp³-hybridized carbons (Fsp3) is 0.462. The van der Waals surface area contributed by atoms with Crippen LogP contribution in [0.1, 0.15) is 31.4 Å². The van der Waals surface area contributed by atoms with Gasteiger partial charge in [0.2, 0.25) is 0 Å². The van der Waals surface area contributed by atoms with Crippen LogP contribution in [0.2, 0.25) is 0 Å². The van der Waals surface area contributed by atoms with E-state index in [9.17, 15) is 0 Å². The van der Waals surface area contributed by atoms with Gasteiger partial charge in [-0.1, -0.05) is 26.0 Å². The molecule has 0 spiro atoms. The molecule has 0 saturated heterocycles. The van der Waals surface area contributed by atoms with Crippen molar-refractivity contribution in [3.05, 3.63) is 29.3 Å². The second-order valence-corrected chi connectivity index (χ2v) is 4.58. The van der Waals surface area contributed by atoms with E-state index in [0.29, 0.717) is 5.92 Å². The van der Waals surface area contributed by atoms with Crippen molar-refractivity contribution in [2.75, 3.05) is 0 Å². The molecular formula is C13H17N. The van der Waals surface area contributed by atoms with Crippen LogP contribution in [0.15, 0.2) is 23.2 Å². The Balaban J connectivity index is 2.21. The first-order valence-electron chi connectivity index (χ1n) is 5.31. The van der Waals surface area contributed by atoms with Gasteiger partial charge in [-0.05, 0) is 36.5 Å². The number of benzene rings is 1. The van der Waals surface area contributed by atoms with Crippen LogP contribution < -0.4 is 0 Å². The van der Waals surface area contributed by atoms with E-state index in [-0.39, 0.29) is 0 Å². The van der Waals surface area contributed by atoms with Crippen molar-refractivity contribution in [1.29, 1.82) is 0 Å². The highest BCUT2D eigenvalue weighted by atomic mass is 14.8. The summed E-state index contributed by atoms with van der Waals surface area (Å²) in [5, 5.41) is 0. The van der Waals surface area contributed by atoms with Gasteiger partial charge in [0.05, 0.1) is 5.69 Å². The zero-order valence-electron chi connectivity index (χ0n) is 9.17. The summed E-state index contributed by atoms with van der Waals surface area (Å²) in [6.45, 7) is 6.61. The van der Waals surface area contributed by atoms with E-state index in [4.69, 9.17) is 0 Å². The summed E-state index contributed by atoms with van der Waals surface area (Å²) in [6, 6.07) is 6.57. The Labute approximate surface area is 85.9 Å². The molecule has 0 aliphatic carbocycles. The first-order chi connectivity index (χ1) is 6.65. The van der Waals surface area contributed by atoms with Crippen LogP contribution in [-0.4, -0.2) is 5.71 Å². The molecule has 74 valence electrons. The van der Waals surface area contributed by atoms with Gasteiger partial charge in [-0.15, -0.1) is 0 Å². The number of aryl methyl sites for hydroxylation is 1. The average Bonchev–Trinajstić information content (AvgIpc) is 2.44. The Kier molecular flexibility index (Phi) is 2.40. The maximum Gasteiger partial charge on any atom is 0.0667 e. The third-order valence-electron chi connectivity index (χ3n) is 2.56. The van der Waals surface area contributed by atoms with Crippen molar-refractivity contribution in [2.45, 2.75) is 33.6 Å². The van der Waals surface area contributed by atoms with Gasteiger partial charge in [0, 0.05) is 12.1 Å². The van der Waals surface area contributed by atoms with Crippen molar-refractivity contribution in [3.63, 3.8) is 0 Å². The summed E-state index contributed by atoms with van der Waals surface area (Å²) < 4.78 is 0. The molecule has 0 amide bonds. The molecule has 0 atom stereocenters. The Hall–Kier alpha value is -1.11. The lowest BCUT2D eigenvalue weighted by Gasteiger charge is -2.02. The molecule has 1 nitrogen and oxygen atoms in total. The van der Waals surface area contributed by atoms with Gasteiger partial charge < -0.3 is 0 Å². The Bertz CT molecular complexity index is 375. The highest BCUT2D eigenvalue weighted by molar-refractivity contribution is 5.94. The molecule has 0 N–H and O–H groups in total. The number of fused-ring (bicyclic) bond motifs is 1. The molecule has 0 unspecified atom stereocenters. The van der Waals surface area contributed by atoms with E-state index in [2.05, 4.69) is 44.0 Å². The van der Waals surface area contributed by atoms with Crippen molar-refractivity contribution in [1.82, 2.24) is 0 Å². The first kappa shape index (κ1) is 9.45. The number of hydrogen-bond acceptors (Lipinski definition) is 1. The molecule has 1 heteroatoms. The van der Waals surface area contributed by atoms with Gasteiger partial charge in [-0.3, -0.25) is 4.99 Å². The number of aliphatic imine (C=N–C) groups is 1. The fourth-order valence-electron chi connectivity index (χ4n) is 1.95. The molecule has 0 aromatic heterocycles. The maximum atomic E-state index is 4.67. The normalized spacial score (nSPS) is 14.4. The summed E-state index contributed by atoms with van der Waals surface area (Å²) in [4.78, 5) is 4.67. The van der Waals surface area contributed by atoms with Gasteiger partial charge in [-0.25, -0.2) is 0 Å². The quantitative estimate of drug-likeness (QED) is 0.670. The maximum absolute atomic E-state index is 4.67. The van der Waals surface area contributed by atoms with Crippen LogP contribution in [0.3, 0.4) is 0 Å². The molecule has 14 heavy (non-hydrogen) atoms. The van der Waals surface area contributed by atoms with Crippen molar-refractivity contribution in [3.8, 4) is 0 Å². The molecule has 0 saturated carbocycles. The molecule has 1 aliphatic rings. The molecule has 1 aromatic carbocycles. The SMILES string of the molecule is Cc1ccc2c(c1)N=C(CC(C)C)C2. The predicted octanol–water partition coefficient (Wildman–Crippen LogP) is 3.67. The second kappa shape index (κ2) is 3.56. The average molecular weight is 187 g/mol. The Morgan fingerprint density at radius 1 is 1.36 bits per heavy atom. The number of nitrogens with zero attached hydrogens (tertiary/aromatic N) is 1. The molecular weight excluding hydrogens is 170 g/mol. The largest absolute Gasteiger partial charge is 0.257 e. The van der Waals surface area contributed by atoms with Gasteiger partial charge in [0.15, 0.2) is 0 Å². The molecule has 2 rings (SSSR count). The van der Waals surface area contributed by atoms with E-state index in [1.54, 1.807) is 0 Å². The number of hydrogen-bond donors (Lipinski definition) is 0. The van der Waals surface area contributed by atoms with Gasteiger partial charge >= 0.3 is 0 Å². The van der Waals surface area contributed by atoms with Crippen molar-refractivity contribution >= 4 is 11.4 Å². The molecule has 1 aromatic rings. The molecule has 0 fully saturated rings. The van der Waals surface area contributed by atoms with Gasteiger partial charge in [0.25, 0.3) is 0 Å². The Morgan fingerprint density at radius 2 is 2.14 bits per heavy atom. The third-order valence-corrected chi connectivity index (χ3v) is 2.56. The van der Waals surface area contributed by atoms with E-state index in [1.165, 1.54) is 22.5 Å². The zero-order chi connectivity index (χ0) is 10.1. The van der Waals surface area contributed by atoms with Gasteiger partial charge in [0.1, 0.15) is 0 Å². The summed E-state index contributed by atoms with van der Waals surface area (Å²) in [6.07, 6.45) is 2.20. The van der Waals surface area contributed by atoms with Gasteiger partial charge in [-0.2, -0.15) is 0 Å². The standard InChI is InChI=1S/C13H17N/c1-9(2)6-12-8-11-5-4-10(3)7-13(11)14-12/h4-5,7,9H,6,8H2,1-3H3. The van der Waals surface area contributed by atoms with Crippen LogP contribution in [0, 0.1) is 12.8 Å². The highest BCUT2D eigenvalue weighted by Gasteiger charge is 2.14. The predicted molar refractivity (Wildman–Crippen MR) is 61.4 cm³/mol. The minimum absolute atomic E-state index is 0.712. The minimum atomic E-state index is 0.712. The molecule has 0 bridgehead atoms. The molecule has 0 radical (unpaired) electrons. The van der Waals surface area contributed by atoms with Crippen LogP contribution >= 0.6 is 0 Å². The van der Waals surface area contributed by atoms with E-state index in [1.807, 2.05) is 0 Å². The highest BCUT2D eigenvalue weighted by Crippen LogP contribution is 2.29. The Morgan fingerprint density at radius 3 is 2.86 bits per heavy atom. The molecule has 1 aliphatic heterocycles. The van der Waals surface area contributed by atoms with Crippen LogP contribution in [0.5, 0.6) is 0 Å². The van der Waals surface area contributed by atoms with E-state index in [0.717, 1.165) is 12.8 Å².